The van der Waals surface area contributed by atoms with E-state index in [0.717, 1.165) is 16.9 Å². The topological polar surface area (TPSA) is 45.2 Å². The molecule has 1 heterocycles. The average molecular weight is 194 g/mol. The van der Waals surface area contributed by atoms with Gasteiger partial charge < -0.3 is 10.4 Å². The maximum atomic E-state index is 9.42. The van der Waals surface area contributed by atoms with Gasteiger partial charge in [0.25, 0.3) is 0 Å². The van der Waals surface area contributed by atoms with E-state index in [2.05, 4.69) is 24.1 Å². The van der Waals surface area contributed by atoms with Gasteiger partial charge in [-0.2, -0.15) is 0 Å². The van der Waals surface area contributed by atoms with Gasteiger partial charge in [0.1, 0.15) is 5.82 Å². The third-order valence-corrected chi connectivity index (χ3v) is 2.04. The van der Waals surface area contributed by atoms with Crippen LogP contribution in [-0.2, 0) is 0 Å². The van der Waals surface area contributed by atoms with E-state index in [1.54, 1.807) is 13.1 Å². The predicted molar refractivity (Wildman–Crippen MR) is 58.4 cm³/mol. The molecule has 0 fully saturated rings. The maximum absolute atomic E-state index is 9.42. The van der Waals surface area contributed by atoms with E-state index in [0.29, 0.717) is 6.04 Å². The number of aromatic nitrogens is 1. The van der Waals surface area contributed by atoms with Crippen molar-refractivity contribution in [1.82, 2.24) is 4.98 Å². The molecule has 0 radical (unpaired) electrons. The van der Waals surface area contributed by atoms with Crippen molar-refractivity contribution in [3.63, 3.8) is 0 Å². The first kappa shape index (κ1) is 11.0. The molecule has 1 rings (SSSR count). The molecule has 0 amide bonds. The Kier molecular flexibility index (Phi) is 3.47. The van der Waals surface area contributed by atoms with Gasteiger partial charge in [-0.15, -0.1) is 0 Å². The molecular weight excluding hydrogens is 176 g/mol. The monoisotopic (exact) mass is 194 g/mol. The second-order valence-corrected chi connectivity index (χ2v) is 3.90. The Morgan fingerprint density at radius 1 is 1.36 bits per heavy atom. The first-order chi connectivity index (χ1) is 6.50. The number of pyridine rings is 1. The Hall–Kier alpha value is -1.09. The van der Waals surface area contributed by atoms with Gasteiger partial charge in [-0.05, 0) is 39.3 Å². The molecule has 0 aliphatic carbocycles. The Bertz CT molecular complexity index is 308. The fraction of sp³-hybridized carbons (Fsp3) is 0.545. The first-order valence-electron chi connectivity index (χ1n) is 4.92. The normalized spacial score (nSPS) is 13.0. The van der Waals surface area contributed by atoms with Gasteiger partial charge in [-0.3, -0.25) is 0 Å². The highest BCUT2D eigenvalue weighted by Gasteiger charge is 2.06. The molecule has 0 saturated heterocycles. The second kappa shape index (κ2) is 4.42. The van der Waals surface area contributed by atoms with E-state index in [1.165, 1.54) is 0 Å². The summed E-state index contributed by atoms with van der Waals surface area (Å²) >= 11 is 0. The van der Waals surface area contributed by atoms with E-state index < -0.39 is 6.10 Å². The summed E-state index contributed by atoms with van der Waals surface area (Å²) in [6.07, 6.45) is 1.28. The minimum atomic E-state index is -0.449. The van der Waals surface area contributed by atoms with E-state index in [4.69, 9.17) is 0 Å². The number of rotatable bonds is 3. The van der Waals surface area contributed by atoms with E-state index in [9.17, 15) is 5.11 Å². The van der Waals surface area contributed by atoms with Gasteiger partial charge in [0.05, 0.1) is 6.10 Å². The molecule has 0 spiro atoms. The van der Waals surface area contributed by atoms with Gasteiger partial charge in [0, 0.05) is 17.8 Å². The lowest BCUT2D eigenvalue weighted by atomic mass is 10.1. The number of hydrogen-bond donors (Lipinski definition) is 2. The fourth-order valence-corrected chi connectivity index (χ4v) is 1.38. The zero-order valence-electron chi connectivity index (χ0n) is 9.20. The second-order valence-electron chi connectivity index (χ2n) is 3.90. The number of hydrogen-bond acceptors (Lipinski definition) is 3. The highest BCUT2D eigenvalue weighted by Crippen LogP contribution is 2.18. The van der Waals surface area contributed by atoms with Crippen LogP contribution >= 0.6 is 0 Å². The first-order valence-corrected chi connectivity index (χ1v) is 4.92. The van der Waals surface area contributed by atoms with E-state index >= 15 is 0 Å². The average Bonchev–Trinajstić information content (AvgIpc) is 2.01. The molecule has 14 heavy (non-hydrogen) atoms. The van der Waals surface area contributed by atoms with Crippen LogP contribution in [0.4, 0.5) is 5.82 Å². The van der Waals surface area contributed by atoms with E-state index in [-0.39, 0.29) is 0 Å². The molecule has 1 atom stereocenters. The van der Waals surface area contributed by atoms with Crippen molar-refractivity contribution >= 4 is 5.82 Å². The maximum Gasteiger partial charge on any atom is 0.126 e. The zero-order chi connectivity index (χ0) is 10.7. The molecule has 0 aliphatic rings. The van der Waals surface area contributed by atoms with Crippen molar-refractivity contribution in [1.29, 1.82) is 0 Å². The van der Waals surface area contributed by atoms with Gasteiger partial charge in [0.2, 0.25) is 0 Å². The van der Waals surface area contributed by atoms with Crippen molar-refractivity contribution < 1.29 is 5.11 Å². The summed E-state index contributed by atoms with van der Waals surface area (Å²) in [5.74, 6) is 0.863. The lowest BCUT2D eigenvalue weighted by Crippen LogP contribution is -2.11. The molecule has 3 nitrogen and oxygen atoms in total. The number of aliphatic hydroxyl groups is 1. The van der Waals surface area contributed by atoms with Crippen LogP contribution in [0.3, 0.4) is 0 Å². The minimum absolute atomic E-state index is 0.374. The van der Waals surface area contributed by atoms with Crippen LogP contribution in [0, 0.1) is 6.92 Å². The largest absolute Gasteiger partial charge is 0.389 e. The molecule has 0 bridgehead atoms. The van der Waals surface area contributed by atoms with Crippen molar-refractivity contribution in [2.75, 3.05) is 5.32 Å². The van der Waals surface area contributed by atoms with Crippen molar-refractivity contribution in [3.8, 4) is 0 Å². The molecule has 3 heteroatoms. The van der Waals surface area contributed by atoms with Crippen molar-refractivity contribution in [2.45, 2.75) is 39.8 Å². The van der Waals surface area contributed by atoms with Gasteiger partial charge in [-0.25, -0.2) is 4.98 Å². The third-order valence-electron chi connectivity index (χ3n) is 2.04. The smallest absolute Gasteiger partial charge is 0.126 e. The van der Waals surface area contributed by atoms with Crippen LogP contribution in [0.5, 0.6) is 0 Å². The molecule has 0 aliphatic heterocycles. The number of anilines is 1. The molecule has 2 N–H and O–H groups in total. The summed E-state index contributed by atoms with van der Waals surface area (Å²) in [6, 6.07) is 2.33. The summed E-state index contributed by atoms with van der Waals surface area (Å²) in [5.41, 5.74) is 1.96. The summed E-state index contributed by atoms with van der Waals surface area (Å²) in [6.45, 7) is 7.87. The lowest BCUT2D eigenvalue weighted by Gasteiger charge is -2.12. The molecular formula is C11H18N2O. The quantitative estimate of drug-likeness (QED) is 0.775. The standard InChI is InChI=1S/C11H18N2O/c1-7(2)13-11-5-8(3)10(6-12-11)9(4)14/h5-7,9,14H,1-4H3,(H,12,13)/t9-/m0/s1. The number of aliphatic hydroxyl groups excluding tert-OH is 1. The van der Waals surface area contributed by atoms with Gasteiger partial charge >= 0.3 is 0 Å². The Morgan fingerprint density at radius 2 is 2.00 bits per heavy atom. The summed E-state index contributed by atoms with van der Waals surface area (Å²) in [5, 5.41) is 12.6. The Balaban J connectivity index is 2.89. The zero-order valence-corrected chi connectivity index (χ0v) is 9.20. The molecule has 0 unspecified atom stereocenters. The molecule has 0 aromatic carbocycles. The minimum Gasteiger partial charge on any atom is -0.389 e. The van der Waals surface area contributed by atoms with Crippen LogP contribution < -0.4 is 5.32 Å². The van der Waals surface area contributed by atoms with Gasteiger partial charge in [0.15, 0.2) is 0 Å². The third kappa shape index (κ3) is 2.70. The predicted octanol–water partition coefficient (Wildman–Crippen LogP) is 2.26. The Labute approximate surface area is 85.2 Å². The molecule has 0 saturated carbocycles. The molecule has 1 aromatic rings. The van der Waals surface area contributed by atoms with Gasteiger partial charge in [-0.1, -0.05) is 0 Å². The van der Waals surface area contributed by atoms with Crippen LogP contribution in [-0.4, -0.2) is 16.1 Å². The number of nitrogens with zero attached hydrogens (tertiary/aromatic N) is 1. The molecule has 1 aromatic heterocycles. The highest BCUT2D eigenvalue weighted by molar-refractivity contribution is 5.41. The fourth-order valence-electron chi connectivity index (χ4n) is 1.38. The van der Waals surface area contributed by atoms with Crippen LogP contribution in [0.2, 0.25) is 0 Å². The van der Waals surface area contributed by atoms with Crippen LogP contribution in [0.25, 0.3) is 0 Å². The van der Waals surface area contributed by atoms with Crippen LogP contribution in [0.15, 0.2) is 12.3 Å². The lowest BCUT2D eigenvalue weighted by molar-refractivity contribution is 0.198. The molecule has 78 valence electrons. The SMILES string of the molecule is Cc1cc(NC(C)C)ncc1[C@H](C)O. The number of nitrogens with one attached hydrogen (secondary N) is 1. The Morgan fingerprint density at radius 3 is 2.43 bits per heavy atom. The summed E-state index contributed by atoms with van der Waals surface area (Å²) < 4.78 is 0. The highest BCUT2D eigenvalue weighted by atomic mass is 16.3. The van der Waals surface area contributed by atoms with E-state index in [1.807, 2.05) is 13.0 Å². The van der Waals surface area contributed by atoms with Crippen LogP contribution in [0.1, 0.15) is 38.0 Å². The number of aryl methyl sites for hydroxylation is 1. The van der Waals surface area contributed by atoms with Crippen molar-refractivity contribution in [3.05, 3.63) is 23.4 Å². The van der Waals surface area contributed by atoms with Crippen molar-refractivity contribution in [2.24, 2.45) is 0 Å². The summed E-state index contributed by atoms with van der Waals surface area (Å²) in [4.78, 5) is 4.23. The summed E-state index contributed by atoms with van der Waals surface area (Å²) in [7, 11) is 0.